The van der Waals surface area contributed by atoms with E-state index in [1.54, 1.807) is 0 Å². The number of hydrogen-bond acceptors (Lipinski definition) is 5. The van der Waals surface area contributed by atoms with Crippen molar-refractivity contribution >= 4 is 23.6 Å². The molecule has 7 heteroatoms. The molecule has 0 N–H and O–H groups in total. The Kier molecular flexibility index (Phi) is 3.67. The zero-order valence-electron chi connectivity index (χ0n) is 13.9. The minimum absolute atomic E-state index is 0.00228. The predicted octanol–water partition coefficient (Wildman–Crippen LogP) is 2.04. The van der Waals surface area contributed by atoms with Crippen LogP contribution in [-0.4, -0.2) is 40.2 Å². The first-order chi connectivity index (χ1) is 11.0. The molecule has 0 amide bonds. The fraction of sp³-hybridized carbons (Fsp3) is 0.625. The number of pyridine rings is 1. The summed E-state index contributed by atoms with van der Waals surface area (Å²) in [7, 11) is -0.369. The van der Waals surface area contributed by atoms with Crippen LogP contribution in [0.2, 0.25) is 0 Å². The maximum absolute atomic E-state index is 6.01. The van der Waals surface area contributed by atoms with E-state index in [4.69, 9.17) is 14.0 Å². The van der Waals surface area contributed by atoms with Crippen LogP contribution in [0.3, 0.4) is 0 Å². The number of hydrogen-bond donors (Lipinski definition) is 0. The minimum atomic E-state index is -0.369. The Balaban J connectivity index is 1.62. The molecule has 2 unspecified atom stereocenters. The second kappa shape index (κ2) is 5.58. The smallest absolute Gasteiger partial charge is 0.402 e. The average Bonchev–Trinajstić information content (AvgIpc) is 3.08. The van der Waals surface area contributed by atoms with E-state index in [1.807, 2.05) is 43.9 Å². The van der Waals surface area contributed by atoms with Crippen LogP contribution in [0.1, 0.15) is 46.3 Å². The van der Waals surface area contributed by atoms with Gasteiger partial charge in [0, 0.05) is 23.7 Å². The third kappa shape index (κ3) is 2.67. The summed E-state index contributed by atoms with van der Waals surface area (Å²) in [4.78, 5) is 4.59. The summed E-state index contributed by atoms with van der Waals surface area (Å²) < 4.78 is 19.6. The molecule has 0 radical (unpaired) electrons. The highest BCUT2D eigenvalue weighted by Crippen LogP contribution is 2.28. The van der Waals surface area contributed by atoms with Crippen LogP contribution in [0.25, 0.3) is 11.0 Å². The first kappa shape index (κ1) is 15.1. The molecule has 6 nitrogen and oxygen atoms in total. The van der Waals surface area contributed by atoms with E-state index < -0.39 is 0 Å². The van der Waals surface area contributed by atoms with Crippen molar-refractivity contribution in [3.8, 4) is 0 Å². The number of nitrogens with zero attached hydrogens (tertiary/aromatic N) is 3. The van der Waals surface area contributed by atoms with Crippen LogP contribution >= 0.6 is 0 Å². The van der Waals surface area contributed by atoms with Crippen molar-refractivity contribution in [2.24, 2.45) is 0 Å². The zero-order valence-corrected chi connectivity index (χ0v) is 13.9. The van der Waals surface area contributed by atoms with Gasteiger partial charge in [0.15, 0.2) is 11.9 Å². The van der Waals surface area contributed by atoms with Gasteiger partial charge < -0.3 is 14.0 Å². The molecule has 4 heterocycles. The molecular weight excluding hydrogens is 293 g/mol. The molecule has 2 fully saturated rings. The van der Waals surface area contributed by atoms with Gasteiger partial charge in [-0.05, 0) is 46.1 Å². The second-order valence-corrected chi connectivity index (χ2v) is 6.92. The number of ether oxygens (including phenoxy) is 1. The van der Waals surface area contributed by atoms with E-state index in [2.05, 4.69) is 10.1 Å². The standard InChI is InChI=1S/C16H22BN3O3/c1-11-16(2,3)23-17(22-11)13-8-12-9-19-20(15(12)18-10-13)14-6-4-5-7-21-14/h8-11,14H,4-7H2,1-3H3. The van der Waals surface area contributed by atoms with Crippen LogP contribution in [0.5, 0.6) is 0 Å². The Morgan fingerprint density at radius 2 is 2.17 bits per heavy atom. The van der Waals surface area contributed by atoms with Crippen LogP contribution < -0.4 is 5.46 Å². The summed E-state index contributed by atoms with van der Waals surface area (Å²) in [6.07, 6.45) is 6.98. The van der Waals surface area contributed by atoms with Gasteiger partial charge in [0.25, 0.3) is 0 Å². The Hall–Kier alpha value is -1.44. The minimum Gasteiger partial charge on any atom is -0.402 e. The Bertz CT molecular complexity index is 712. The van der Waals surface area contributed by atoms with Gasteiger partial charge in [-0.2, -0.15) is 5.10 Å². The first-order valence-corrected chi connectivity index (χ1v) is 8.33. The molecule has 2 atom stereocenters. The number of aromatic nitrogens is 3. The topological polar surface area (TPSA) is 58.4 Å². The van der Waals surface area contributed by atoms with E-state index in [0.717, 1.165) is 35.9 Å². The molecule has 2 aromatic rings. The van der Waals surface area contributed by atoms with Crippen molar-refractivity contribution in [3.63, 3.8) is 0 Å². The highest BCUT2D eigenvalue weighted by atomic mass is 16.7. The van der Waals surface area contributed by atoms with Crippen molar-refractivity contribution in [3.05, 3.63) is 18.5 Å². The Labute approximate surface area is 136 Å². The van der Waals surface area contributed by atoms with Crippen molar-refractivity contribution in [1.82, 2.24) is 14.8 Å². The average molecular weight is 315 g/mol. The maximum atomic E-state index is 6.01. The summed E-state index contributed by atoms with van der Waals surface area (Å²) in [5.41, 5.74) is 1.49. The molecule has 0 aromatic carbocycles. The van der Waals surface area contributed by atoms with Gasteiger partial charge in [-0.1, -0.05) is 0 Å². The van der Waals surface area contributed by atoms with E-state index in [-0.39, 0.29) is 25.1 Å². The molecular formula is C16H22BN3O3. The summed E-state index contributed by atoms with van der Waals surface area (Å²) in [5.74, 6) is 0. The van der Waals surface area contributed by atoms with Gasteiger partial charge >= 0.3 is 7.12 Å². The van der Waals surface area contributed by atoms with E-state index in [1.165, 1.54) is 6.42 Å². The molecule has 2 saturated heterocycles. The summed E-state index contributed by atoms with van der Waals surface area (Å²) in [6.45, 7) is 6.91. The van der Waals surface area contributed by atoms with Gasteiger partial charge in [0.1, 0.15) is 0 Å². The molecule has 2 aliphatic rings. The van der Waals surface area contributed by atoms with E-state index in [9.17, 15) is 0 Å². The van der Waals surface area contributed by atoms with Crippen molar-refractivity contribution in [2.45, 2.75) is 58.0 Å². The summed E-state index contributed by atoms with van der Waals surface area (Å²) in [6, 6.07) is 2.05. The SMILES string of the molecule is CC1OB(c2cnc3c(cnn3C3CCCCO3)c2)OC1(C)C. The molecule has 122 valence electrons. The monoisotopic (exact) mass is 315 g/mol. The van der Waals surface area contributed by atoms with Crippen molar-refractivity contribution < 1.29 is 14.0 Å². The Morgan fingerprint density at radius 1 is 1.30 bits per heavy atom. The van der Waals surface area contributed by atoms with Crippen LogP contribution in [0.4, 0.5) is 0 Å². The van der Waals surface area contributed by atoms with E-state index in [0.29, 0.717) is 0 Å². The van der Waals surface area contributed by atoms with Crippen LogP contribution in [0.15, 0.2) is 18.5 Å². The summed E-state index contributed by atoms with van der Waals surface area (Å²) in [5, 5.41) is 5.47. The fourth-order valence-corrected chi connectivity index (χ4v) is 3.11. The third-order valence-electron chi connectivity index (χ3n) is 4.87. The molecule has 0 saturated carbocycles. The predicted molar refractivity (Wildman–Crippen MR) is 87.5 cm³/mol. The number of rotatable bonds is 2. The Morgan fingerprint density at radius 3 is 2.87 bits per heavy atom. The lowest BCUT2D eigenvalue weighted by molar-refractivity contribution is -0.0370. The van der Waals surface area contributed by atoms with Crippen molar-refractivity contribution in [2.75, 3.05) is 6.61 Å². The van der Waals surface area contributed by atoms with Gasteiger partial charge in [-0.3, -0.25) is 0 Å². The lowest BCUT2D eigenvalue weighted by atomic mass is 9.80. The van der Waals surface area contributed by atoms with Crippen molar-refractivity contribution in [1.29, 1.82) is 0 Å². The summed E-state index contributed by atoms with van der Waals surface area (Å²) >= 11 is 0. The van der Waals surface area contributed by atoms with Gasteiger partial charge in [0.05, 0.1) is 17.9 Å². The highest BCUT2D eigenvalue weighted by molar-refractivity contribution is 6.62. The normalized spacial score (nSPS) is 27.7. The molecule has 0 aliphatic carbocycles. The van der Waals surface area contributed by atoms with E-state index >= 15 is 0 Å². The zero-order chi connectivity index (χ0) is 16.0. The molecule has 23 heavy (non-hydrogen) atoms. The third-order valence-corrected chi connectivity index (χ3v) is 4.87. The van der Waals surface area contributed by atoms with Crippen LogP contribution in [0, 0.1) is 0 Å². The van der Waals surface area contributed by atoms with Crippen LogP contribution in [-0.2, 0) is 14.0 Å². The maximum Gasteiger partial charge on any atom is 0.496 e. The lowest BCUT2D eigenvalue weighted by Crippen LogP contribution is -2.35. The molecule has 2 aromatic heterocycles. The van der Waals surface area contributed by atoms with Gasteiger partial charge in [0.2, 0.25) is 0 Å². The lowest BCUT2D eigenvalue weighted by Gasteiger charge is -2.23. The molecule has 2 aliphatic heterocycles. The quantitative estimate of drug-likeness (QED) is 0.794. The van der Waals surface area contributed by atoms with Gasteiger partial charge in [-0.25, -0.2) is 9.67 Å². The first-order valence-electron chi connectivity index (χ1n) is 8.33. The molecule has 0 spiro atoms. The largest absolute Gasteiger partial charge is 0.496 e. The fourth-order valence-electron chi connectivity index (χ4n) is 3.11. The molecule has 0 bridgehead atoms. The molecule has 4 rings (SSSR count). The highest BCUT2D eigenvalue weighted by Gasteiger charge is 2.44. The number of fused-ring (bicyclic) bond motifs is 1. The van der Waals surface area contributed by atoms with Gasteiger partial charge in [-0.15, -0.1) is 0 Å². The second-order valence-electron chi connectivity index (χ2n) is 6.92.